The molecule has 3 heteroatoms. The molecule has 2 nitrogen and oxygen atoms in total. The molecule has 0 aromatic carbocycles. The molecule has 56 valence electrons. The molecule has 0 saturated carbocycles. The van der Waals surface area contributed by atoms with E-state index in [0.29, 0.717) is 0 Å². The highest BCUT2D eigenvalue weighted by Gasteiger charge is 1.90. The fourth-order valence-electron chi connectivity index (χ4n) is 0.637. The number of hydrogen-bond donors (Lipinski definition) is 1. The van der Waals surface area contributed by atoms with Crippen LogP contribution in [0.4, 0.5) is 0 Å². The Morgan fingerprint density at radius 1 is 1.40 bits per heavy atom. The Hall–Kier alpha value is -0.410. The lowest BCUT2D eigenvalue weighted by molar-refractivity contribution is -0.671. The molecule has 1 heterocycles. The van der Waals surface area contributed by atoms with Crippen molar-refractivity contribution in [1.29, 1.82) is 0 Å². The van der Waals surface area contributed by atoms with Crippen LogP contribution < -0.4 is 21.5 Å². The Bertz CT molecular complexity index is 185. The Balaban J connectivity index is 0.000000810. The minimum Gasteiger partial charge on any atom is -1.00 e. The monoisotopic (exact) mass is 203 g/mol. The first-order valence-electron chi connectivity index (χ1n) is 2.88. The molecular weight excluding hydrogens is 194 g/mol. The quantitative estimate of drug-likeness (QED) is 0.484. The SMILES string of the molecule is C[n+]1ccc(CO)cc1.[Br-]. The van der Waals surface area contributed by atoms with Crippen LogP contribution in [0.2, 0.25) is 0 Å². The van der Waals surface area contributed by atoms with Crippen LogP contribution in [-0.2, 0) is 13.7 Å². The summed E-state index contributed by atoms with van der Waals surface area (Å²) in [7, 11) is 1.95. The summed E-state index contributed by atoms with van der Waals surface area (Å²) >= 11 is 0. The van der Waals surface area contributed by atoms with Crippen LogP contribution in [0.15, 0.2) is 24.5 Å². The molecule has 0 unspecified atom stereocenters. The van der Waals surface area contributed by atoms with Gasteiger partial charge in [0.2, 0.25) is 0 Å². The highest BCUT2D eigenvalue weighted by atomic mass is 79.9. The summed E-state index contributed by atoms with van der Waals surface area (Å²) in [6.45, 7) is 0.126. The van der Waals surface area contributed by atoms with E-state index in [9.17, 15) is 0 Å². The van der Waals surface area contributed by atoms with E-state index in [1.165, 1.54) is 0 Å². The first-order chi connectivity index (χ1) is 4.33. The number of nitrogens with zero attached hydrogens (tertiary/aromatic N) is 1. The van der Waals surface area contributed by atoms with E-state index >= 15 is 0 Å². The molecule has 1 rings (SSSR count). The molecule has 1 aromatic rings. The molecule has 0 atom stereocenters. The maximum atomic E-state index is 8.62. The first kappa shape index (κ1) is 9.59. The average molecular weight is 204 g/mol. The highest BCUT2D eigenvalue weighted by Crippen LogP contribution is 1.91. The predicted molar refractivity (Wildman–Crippen MR) is 33.5 cm³/mol. The van der Waals surface area contributed by atoms with E-state index in [0.717, 1.165) is 5.56 Å². The highest BCUT2D eigenvalue weighted by molar-refractivity contribution is 5.04. The molecule has 1 N–H and O–H groups in total. The zero-order valence-electron chi connectivity index (χ0n) is 5.79. The van der Waals surface area contributed by atoms with Crippen molar-refractivity contribution in [3.63, 3.8) is 0 Å². The van der Waals surface area contributed by atoms with Crippen LogP contribution in [0.1, 0.15) is 5.56 Å². The fourth-order valence-corrected chi connectivity index (χ4v) is 0.637. The number of aliphatic hydroxyl groups excluding tert-OH is 1. The Kier molecular flexibility index (Phi) is 4.23. The number of aromatic nitrogens is 1. The van der Waals surface area contributed by atoms with Crippen molar-refractivity contribution in [3.8, 4) is 0 Å². The van der Waals surface area contributed by atoms with E-state index in [2.05, 4.69) is 0 Å². The Morgan fingerprint density at radius 2 is 1.90 bits per heavy atom. The summed E-state index contributed by atoms with van der Waals surface area (Å²) in [5.41, 5.74) is 0.952. The number of halogens is 1. The molecule has 0 fully saturated rings. The van der Waals surface area contributed by atoms with Gasteiger partial charge in [0, 0.05) is 12.1 Å². The van der Waals surface area contributed by atoms with Crippen molar-refractivity contribution in [3.05, 3.63) is 30.1 Å². The molecule has 0 aliphatic carbocycles. The van der Waals surface area contributed by atoms with Crippen LogP contribution >= 0.6 is 0 Å². The van der Waals surface area contributed by atoms with Crippen LogP contribution in [0, 0.1) is 0 Å². The lowest BCUT2D eigenvalue weighted by Crippen LogP contribution is -3.00. The summed E-state index contributed by atoms with van der Waals surface area (Å²) < 4.78 is 1.93. The van der Waals surface area contributed by atoms with Gasteiger partial charge in [0.15, 0.2) is 12.4 Å². The summed E-state index contributed by atoms with van der Waals surface area (Å²) in [6, 6.07) is 3.78. The van der Waals surface area contributed by atoms with Gasteiger partial charge in [-0.2, -0.15) is 0 Å². The summed E-state index contributed by atoms with van der Waals surface area (Å²) in [5.74, 6) is 0. The van der Waals surface area contributed by atoms with E-state index in [-0.39, 0.29) is 23.6 Å². The van der Waals surface area contributed by atoms with Gasteiger partial charge >= 0.3 is 0 Å². The van der Waals surface area contributed by atoms with Crippen LogP contribution in [-0.4, -0.2) is 5.11 Å². The number of rotatable bonds is 1. The van der Waals surface area contributed by atoms with E-state index in [4.69, 9.17) is 5.11 Å². The predicted octanol–water partition coefficient (Wildman–Crippen LogP) is -2.99. The summed E-state index contributed by atoms with van der Waals surface area (Å²) in [5, 5.41) is 8.62. The molecule has 0 aliphatic rings. The minimum atomic E-state index is 0. The van der Waals surface area contributed by atoms with Crippen LogP contribution in [0.3, 0.4) is 0 Å². The number of aryl methyl sites for hydroxylation is 1. The van der Waals surface area contributed by atoms with E-state index in [1.807, 2.05) is 36.1 Å². The zero-order chi connectivity index (χ0) is 6.69. The third kappa shape index (κ3) is 2.45. The normalized spacial score (nSPS) is 8.60. The topological polar surface area (TPSA) is 24.1 Å². The maximum Gasteiger partial charge on any atom is 0.168 e. The standard InChI is InChI=1S/C7H10NO.BrH/c1-8-4-2-7(6-9)3-5-8;/h2-5,9H,6H2,1H3;1H/q+1;/p-1. The largest absolute Gasteiger partial charge is 1.00 e. The second-order valence-corrected chi connectivity index (χ2v) is 2.03. The number of pyridine rings is 1. The van der Waals surface area contributed by atoms with Gasteiger partial charge in [-0.1, -0.05) is 0 Å². The third-order valence-corrected chi connectivity index (χ3v) is 1.23. The smallest absolute Gasteiger partial charge is 0.168 e. The van der Waals surface area contributed by atoms with Gasteiger partial charge in [0.05, 0.1) is 6.61 Å². The van der Waals surface area contributed by atoms with E-state index < -0.39 is 0 Å². The van der Waals surface area contributed by atoms with Crippen molar-refractivity contribution in [2.24, 2.45) is 7.05 Å². The van der Waals surface area contributed by atoms with Crippen molar-refractivity contribution in [2.75, 3.05) is 0 Å². The van der Waals surface area contributed by atoms with Crippen molar-refractivity contribution < 1.29 is 26.7 Å². The summed E-state index contributed by atoms with van der Waals surface area (Å²) in [4.78, 5) is 0. The van der Waals surface area contributed by atoms with E-state index in [1.54, 1.807) is 0 Å². The van der Waals surface area contributed by atoms with Gasteiger partial charge in [-0.25, -0.2) is 4.57 Å². The van der Waals surface area contributed by atoms with Crippen molar-refractivity contribution >= 4 is 0 Å². The second-order valence-electron chi connectivity index (χ2n) is 2.03. The van der Waals surface area contributed by atoms with Crippen molar-refractivity contribution in [2.45, 2.75) is 6.61 Å². The lowest BCUT2D eigenvalue weighted by atomic mass is 10.3. The van der Waals surface area contributed by atoms with Crippen molar-refractivity contribution in [1.82, 2.24) is 0 Å². The molecule has 0 saturated heterocycles. The van der Waals surface area contributed by atoms with Gasteiger partial charge in [-0.3, -0.25) is 0 Å². The Morgan fingerprint density at radius 3 is 2.30 bits per heavy atom. The molecule has 10 heavy (non-hydrogen) atoms. The third-order valence-electron chi connectivity index (χ3n) is 1.23. The van der Waals surface area contributed by atoms with Crippen LogP contribution in [0.25, 0.3) is 0 Å². The zero-order valence-corrected chi connectivity index (χ0v) is 7.37. The lowest BCUT2D eigenvalue weighted by Gasteiger charge is -1.89. The molecular formula is C7H10BrNO. The number of hydrogen-bond acceptors (Lipinski definition) is 1. The van der Waals surface area contributed by atoms with Crippen LogP contribution in [0.5, 0.6) is 0 Å². The van der Waals surface area contributed by atoms with Gasteiger partial charge in [-0.15, -0.1) is 0 Å². The number of aliphatic hydroxyl groups is 1. The van der Waals surface area contributed by atoms with Gasteiger partial charge < -0.3 is 22.1 Å². The van der Waals surface area contributed by atoms with Gasteiger partial charge in [0.25, 0.3) is 0 Å². The molecule has 0 aliphatic heterocycles. The summed E-state index contributed by atoms with van der Waals surface area (Å²) in [6.07, 6.45) is 3.82. The molecule has 0 amide bonds. The molecule has 0 spiro atoms. The van der Waals surface area contributed by atoms with Gasteiger partial charge in [-0.05, 0) is 5.56 Å². The minimum absolute atomic E-state index is 0. The second kappa shape index (κ2) is 4.41. The average Bonchev–Trinajstić information content (AvgIpc) is 1.90. The first-order valence-corrected chi connectivity index (χ1v) is 2.88. The molecule has 0 radical (unpaired) electrons. The Labute approximate surface area is 70.9 Å². The maximum absolute atomic E-state index is 8.62. The van der Waals surface area contributed by atoms with Gasteiger partial charge in [0.1, 0.15) is 7.05 Å². The molecule has 1 aromatic heterocycles. The fraction of sp³-hybridized carbons (Fsp3) is 0.286. The molecule has 0 bridgehead atoms.